The van der Waals surface area contributed by atoms with E-state index in [-0.39, 0.29) is 23.8 Å². The van der Waals surface area contributed by atoms with Crippen molar-refractivity contribution in [2.75, 3.05) is 20.0 Å². The number of hydrogen-bond donors (Lipinski definition) is 0. The molecule has 0 unspecified atom stereocenters. The van der Waals surface area contributed by atoms with E-state index in [4.69, 9.17) is 19.2 Å². The van der Waals surface area contributed by atoms with Crippen LogP contribution in [0.2, 0.25) is 0 Å². The maximum Gasteiger partial charge on any atom is 0.204 e. The zero-order valence-corrected chi connectivity index (χ0v) is 20.2. The molecule has 35 heavy (non-hydrogen) atoms. The Balaban J connectivity index is 1.73. The van der Waals surface area contributed by atoms with Gasteiger partial charge in [-0.1, -0.05) is 6.07 Å². The number of sulfone groups is 1. The fourth-order valence-electron chi connectivity index (χ4n) is 3.58. The first-order valence-corrected chi connectivity index (χ1v) is 12.4. The fraction of sp³-hybridized carbons (Fsp3) is 0.250. The molecule has 0 radical (unpaired) electrons. The Morgan fingerprint density at radius 3 is 2.37 bits per heavy atom. The summed E-state index contributed by atoms with van der Waals surface area (Å²) in [5, 5.41) is 17.4. The molecule has 0 bridgehead atoms. The number of rotatable bonds is 9. The van der Waals surface area contributed by atoms with Gasteiger partial charge in [0.15, 0.2) is 21.4 Å². The van der Waals surface area contributed by atoms with Crippen LogP contribution in [-0.2, 0) is 22.0 Å². The third kappa shape index (κ3) is 5.17. The van der Waals surface area contributed by atoms with Crippen molar-refractivity contribution in [2.24, 2.45) is 0 Å². The number of aryl methyl sites for hydroxylation is 2. The predicted molar refractivity (Wildman–Crippen MR) is 127 cm³/mol. The van der Waals surface area contributed by atoms with Crippen LogP contribution in [-0.4, -0.2) is 48.1 Å². The van der Waals surface area contributed by atoms with Crippen molar-refractivity contribution < 1.29 is 22.3 Å². The minimum atomic E-state index is -3.62. The Kier molecular flexibility index (Phi) is 6.84. The van der Waals surface area contributed by atoms with E-state index in [0.29, 0.717) is 45.8 Å². The predicted octanol–water partition coefficient (Wildman–Crippen LogP) is 3.28. The SMILES string of the molecule is COc1cccc(OC)c1-n1c(CS(=O)(=O)CCc2ccc(C#N)cn2)nnc1-c1ccc(C)o1. The molecule has 180 valence electrons. The number of methoxy groups -OCH3 is 2. The molecule has 0 aliphatic rings. The van der Waals surface area contributed by atoms with Gasteiger partial charge in [-0.2, -0.15) is 5.26 Å². The summed E-state index contributed by atoms with van der Waals surface area (Å²) < 4.78 is 44.6. The molecule has 0 saturated carbocycles. The van der Waals surface area contributed by atoms with Gasteiger partial charge in [-0.25, -0.2) is 8.42 Å². The Morgan fingerprint density at radius 2 is 1.80 bits per heavy atom. The number of nitriles is 1. The van der Waals surface area contributed by atoms with Gasteiger partial charge in [-0.15, -0.1) is 10.2 Å². The summed E-state index contributed by atoms with van der Waals surface area (Å²) in [5.41, 5.74) is 1.45. The van der Waals surface area contributed by atoms with Crippen LogP contribution in [0.1, 0.15) is 22.8 Å². The van der Waals surface area contributed by atoms with Gasteiger partial charge in [0.2, 0.25) is 5.82 Å². The molecule has 4 rings (SSSR count). The van der Waals surface area contributed by atoms with Gasteiger partial charge in [-0.05, 0) is 43.3 Å². The van der Waals surface area contributed by atoms with Gasteiger partial charge < -0.3 is 13.9 Å². The third-order valence-electron chi connectivity index (χ3n) is 5.29. The molecule has 0 atom stereocenters. The van der Waals surface area contributed by atoms with Gasteiger partial charge >= 0.3 is 0 Å². The average molecular weight is 494 g/mol. The van der Waals surface area contributed by atoms with Crippen LogP contribution in [0.4, 0.5) is 0 Å². The lowest BCUT2D eigenvalue weighted by Crippen LogP contribution is -2.16. The Bertz CT molecular complexity index is 1460. The van der Waals surface area contributed by atoms with Crippen LogP contribution in [0.5, 0.6) is 11.5 Å². The maximum absolute atomic E-state index is 13.1. The summed E-state index contributed by atoms with van der Waals surface area (Å²) in [6.45, 7) is 1.80. The van der Waals surface area contributed by atoms with E-state index in [1.807, 2.05) is 6.07 Å². The second-order valence-electron chi connectivity index (χ2n) is 7.69. The Morgan fingerprint density at radius 1 is 1.06 bits per heavy atom. The summed E-state index contributed by atoms with van der Waals surface area (Å²) in [7, 11) is -0.594. The van der Waals surface area contributed by atoms with Crippen molar-refractivity contribution in [3.05, 3.63) is 71.5 Å². The topological polar surface area (TPSA) is 133 Å². The van der Waals surface area contributed by atoms with Gasteiger partial charge in [0.05, 0.1) is 25.5 Å². The van der Waals surface area contributed by atoms with Crippen LogP contribution < -0.4 is 9.47 Å². The molecule has 3 aromatic heterocycles. The monoisotopic (exact) mass is 493 g/mol. The first-order valence-electron chi connectivity index (χ1n) is 10.6. The number of furan rings is 1. The second kappa shape index (κ2) is 9.99. The molecule has 0 fully saturated rings. The summed E-state index contributed by atoms with van der Waals surface area (Å²) in [6.07, 6.45) is 1.62. The molecule has 0 aliphatic carbocycles. The van der Waals surface area contributed by atoms with E-state index < -0.39 is 9.84 Å². The molecule has 3 heterocycles. The maximum atomic E-state index is 13.1. The minimum Gasteiger partial charge on any atom is -0.494 e. The highest BCUT2D eigenvalue weighted by atomic mass is 32.2. The third-order valence-corrected chi connectivity index (χ3v) is 6.81. The summed E-state index contributed by atoms with van der Waals surface area (Å²) in [6, 6.07) is 14.0. The van der Waals surface area contributed by atoms with E-state index in [0.717, 1.165) is 0 Å². The lowest BCUT2D eigenvalue weighted by molar-refractivity contribution is 0.390. The van der Waals surface area contributed by atoms with Gasteiger partial charge in [0, 0.05) is 18.3 Å². The molecule has 0 aliphatic heterocycles. The molecule has 10 nitrogen and oxygen atoms in total. The van der Waals surface area contributed by atoms with E-state index in [9.17, 15) is 8.42 Å². The number of hydrogen-bond acceptors (Lipinski definition) is 9. The number of benzene rings is 1. The number of pyridine rings is 1. The van der Waals surface area contributed by atoms with Crippen molar-refractivity contribution in [1.29, 1.82) is 5.26 Å². The van der Waals surface area contributed by atoms with E-state index in [2.05, 4.69) is 15.2 Å². The second-order valence-corrected chi connectivity index (χ2v) is 9.87. The molecular weight excluding hydrogens is 470 g/mol. The molecule has 0 saturated heterocycles. The standard InChI is InChI=1S/C24H23N5O5S/c1-16-7-10-21(34-16)24-28-27-22(29(24)23-19(32-2)5-4-6-20(23)33-3)15-35(30,31)12-11-18-9-8-17(13-25)14-26-18/h4-10,14H,11-12,15H2,1-3H3. The van der Waals surface area contributed by atoms with Crippen LogP contribution in [0, 0.1) is 18.3 Å². The van der Waals surface area contributed by atoms with Crippen molar-refractivity contribution in [3.63, 3.8) is 0 Å². The van der Waals surface area contributed by atoms with E-state index in [1.165, 1.54) is 20.4 Å². The lowest BCUT2D eigenvalue weighted by Gasteiger charge is -2.16. The molecular formula is C24H23N5O5S. The van der Waals surface area contributed by atoms with E-state index >= 15 is 0 Å². The molecule has 0 amide bonds. The Hall–Kier alpha value is -4.17. The number of aromatic nitrogens is 4. The Labute approximate surface area is 202 Å². The van der Waals surface area contributed by atoms with Crippen molar-refractivity contribution in [2.45, 2.75) is 19.1 Å². The number of ether oxygens (including phenoxy) is 2. The highest BCUT2D eigenvalue weighted by Crippen LogP contribution is 2.37. The molecule has 0 spiro atoms. The van der Waals surface area contributed by atoms with Gasteiger partial charge in [0.1, 0.15) is 34.8 Å². The summed E-state index contributed by atoms with van der Waals surface area (Å²) in [5.74, 6) is 1.97. The minimum absolute atomic E-state index is 0.156. The summed E-state index contributed by atoms with van der Waals surface area (Å²) in [4.78, 5) is 4.15. The molecule has 4 aromatic rings. The lowest BCUT2D eigenvalue weighted by atomic mass is 10.2. The average Bonchev–Trinajstić information content (AvgIpc) is 3.47. The smallest absolute Gasteiger partial charge is 0.204 e. The van der Waals surface area contributed by atoms with Crippen molar-refractivity contribution >= 4 is 9.84 Å². The van der Waals surface area contributed by atoms with Crippen LogP contribution in [0.3, 0.4) is 0 Å². The summed E-state index contributed by atoms with van der Waals surface area (Å²) >= 11 is 0. The molecule has 0 N–H and O–H groups in total. The zero-order chi connectivity index (χ0) is 25.0. The van der Waals surface area contributed by atoms with Gasteiger partial charge in [0.25, 0.3) is 0 Å². The van der Waals surface area contributed by atoms with Crippen molar-refractivity contribution in [3.8, 4) is 34.8 Å². The van der Waals surface area contributed by atoms with Crippen molar-refractivity contribution in [1.82, 2.24) is 19.7 Å². The number of para-hydroxylation sites is 1. The molecule has 11 heteroatoms. The largest absolute Gasteiger partial charge is 0.494 e. The highest BCUT2D eigenvalue weighted by molar-refractivity contribution is 7.90. The van der Waals surface area contributed by atoms with Gasteiger partial charge in [-0.3, -0.25) is 9.55 Å². The van der Waals surface area contributed by atoms with Crippen LogP contribution in [0.25, 0.3) is 17.3 Å². The number of nitrogens with zero attached hydrogens (tertiary/aromatic N) is 5. The highest BCUT2D eigenvalue weighted by Gasteiger charge is 2.26. The van der Waals surface area contributed by atoms with Crippen LogP contribution >= 0.6 is 0 Å². The fourth-order valence-corrected chi connectivity index (χ4v) is 4.82. The quantitative estimate of drug-likeness (QED) is 0.344. The zero-order valence-electron chi connectivity index (χ0n) is 19.4. The van der Waals surface area contributed by atoms with E-state index in [1.54, 1.807) is 54.0 Å². The first-order chi connectivity index (χ1) is 16.8. The van der Waals surface area contributed by atoms with Crippen LogP contribution in [0.15, 0.2) is 53.1 Å². The first kappa shape index (κ1) is 24.0. The normalized spacial score (nSPS) is 11.3. The molecule has 1 aromatic carbocycles.